The van der Waals surface area contributed by atoms with Gasteiger partial charge in [-0.2, -0.15) is 0 Å². The predicted molar refractivity (Wildman–Crippen MR) is 87.2 cm³/mol. The fourth-order valence-electron chi connectivity index (χ4n) is 3.03. The minimum Gasteiger partial charge on any atom is -0.309 e. The molecule has 2 rings (SSSR count). The molecule has 0 aromatic heterocycles. The van der Waals surface area contributed by atoms with E-state index in [0.717, 1.165) is 19.1 Å². The Morgan fingerprint density at radius 2 is 1.80 bits per heavy atom. The molecule has 0 aliphatic heterocycles. The second-order valence-corrected chi connectivity index (χ2v) is 6.25. The first-order valence-electron chi connectivity index (χ1n) is 8.19. The number of nitrogens with one attached hydrogen (secondary N) is 1. The molecule has 0 amide bonds. The maximum atomic E-state index is 3.75. The van der Waals surface area contributed by atoms with Crippen molar-refractivity contribution in [1.82, 2.24) is 10.2 Å². The van der Waals surface area contributed by atoms with E-state index in [1.165, 1.54) is 42.5 Å². The summed E-state index contributed by atoms with van der Waals surface area (Å²) in [4.78, 5) is 2.64. The van der Waals surface area contributed by atoms with Crippen LogP contribution in [0.15, 0.2) is 18.2 Å². The van der Waals surface area contributed by atoms with E-state index in [4.69, 9.17) is 0 Å². The lowest BCUT2D eigenvalue weighted by Gasteiger charge is -2.28. The third kappa shape index (κ3) is 4.32. The van der Waals surface area contributed by atoms with Crippen molar-refractivity contribution in [2.45, 2.75) is 59.0 Å². The van der Waals surface area contributed by atoms with E-state index in [1.54, 1.807) is 0 Å². The summed E-state index contributed by atoms with van der Waals surface area (Å²) >= 11 is 0. The monoisotopic (exact) mass is 274 g/mol. The molecule has 0 radical (unpaired) electrons. The Morgan fingerprint density at radius 3 is 2.30 bits per heavy atom. The molecule has 0 heterocycles. The topological polar surface area (TPSA) is 15.3 Å². The molecule has 2 nitrogen and oxygen atoms in total. The number of nitrogens with zero attached hydrogens (tertiary/aromatic N) is 1. The van der Waals surface area contributed by atoms with Crippen LogP contribution in [-0.4, -0.2) is 30.6 Å². The molecule has 1 aliphatic carbocycles. The van der Waals surface area contributed by atoms with Gasteiger partial charge in [0.25, 0.3) is 0 Å². The second-order valence-electron chi connectivity index (χ2n) is 6.25. The third-order valence-corrected chi connectivity index (χ3v) is 4.17. The molecule has 1 aromatic carbocycles. The summed E-state index contributed by atoms with van der Waals surface area (Å²) in [6, 6.07) is 8.27. The summed E-state index contributed by atoms with van der Waals surface area (Å²) in [5.41, 5.74) is 4.20. The molecule has 0 saturated heterocycles. The van der Waals surface area contributed by atoms with Gasteiger partial charge in [0.1, 0.15) is 0 Å². The minimum atomic E-state index is 0.467. The van der Waals surface area contributed by atoms with Gasteiger partial charge in [-0.3, -0.25) is 4.90 Å². The average molecular weight is 274 g/mol. The van der Waals surface area contributed by atoms with Crippen LogP contribution in [0.4, 0.5) is 0 Å². The van der Waals surface area contributed by atoms with Crippen molar-refractivity contribution >= 4 is 0 Å². The molecule has 1 atom stereocenters. The fourth-order valence-corrected chi connectivity index (χ4v) is 3.03. The van der Waals surface area contributed by atoms with E-state index in [0.29, 0.717) is 6.04 Å². The fraction of sp³-hybridized carbons (Fsp3) is 0.667. The third-order valence-electron chi connectivity index (χ3n) is 4.17. The first kappa shape index (κ1) is 15.5. The van der Waals surface area contributed by atoms with Gasteiger partial charge in [-0.15, -0.1) is 0 Å². The van der Waals surface area contributed by atoms with Crippen molar-refractivity contribution in [3.63, 3.8) is 0 Å². The minimum absolute atomic E-state index is 0.467. The van der Waals surface area contributed by atoms with E-state index in [9.17, 15) is 0 Å². The van der Waals surface area contributed by atoms with Gasteiger partial charge in [-0.1, -0.05) is 43.2 Å². The highest BCUT2D eigenvalue weighted by Gasteiger charge is 2.29. The van der Waals surface area contributed by atoms with E-state index in [1.807, 2.05) is 0 Å². The van der Waals surface area contributed by atoms with E-state index in [2.05, 4.69) is 56.1 Å². The maximum absolute atomic E-state index is 3.75. The van der Waals surface area contributed by atoms with Crippen LogP contribution in [0.2, 0.25) is 0 Å². The van der Waals surface area contributed by atoms with Gasteiger partial charge in [-0.05, 0) is 51.8 Å². The molecule has 112 valence electrons. The van der Waals surface area contributed by atoms with Crippen molar-refractivity contribution < 1.29 is 0 Å². The van der Waals surface area contributed by atoms with Gasteiger partial charge in [-0.25, -0.2) is 0 Å². The summed E-state index contributed by atoms with van der Waals surface area (Å²) in [6.45, 7) is 12.3. The van der Waals surface area contributed by atoms with Crippen molar-refractivity contribution in [1.29, 1.82) is 0 Å². The maximum Gasteiger partial charge on any atom is 0.0449 e. The van der Waals surface area contributed by atoms with Crippen molar-refractivity contribution in [3.05, 3.63) is 34.9 Å². The highest BCUT2D eigenvalue weighted by Crippen LogP contribution is 2.29. The van der Waals surface area contributed by atoms with Crippen LogP contribution in [0.1, 0.15) is 55.8 Å². The van der Waals surface area contributed by atoms with Crippen molar-refractivity contribution in [3.8, 4) is 0 Å². The Morgan fingerprint density at radius 1 is 1.15 bits per heavy atom. The summed E-state index contributed by atoms with van der Waals surface area (Å²) in [6.07, 6.45) is 3.97. The summed E-state index contributed by atoms with van der Waals surface area (Å²) in [5, 5.41) is 3.75. The van der Waals surface area contributed by atoms with Crippen LogP contribution in [0.3, 0.4) is 0 Å². The van der Waals surface area contributed by atoms with E-state index >= 15 is 0 Å². The summed E-state index contributed by atoms with van der Waals surface area (Å²) in [5.74, 6) is 0. The van der Waals surface area contributed by atoms with E-state index in [-0.39, 0.29) is 0 Å². The standard InChI is InChI=1S/C18H30N2/c1-5-9-19-18(13-20(6-2)17-7-8-17)16-11-14(3)10-15(4)12-16/h10-12,17-19H,5-9,13H2,1-4H3. The molecule has 1 saturated carbocycles. The molecule has 1 unspecified atom stereocenters. The zero-order valence-corrected chi connectivity index (χ0v) is 13.6. The van der Waals surface area contributed by atoms with Crippen LogP contribution >= 0.6 is 0 Å². The second kappa shape index (κ2) is 7.24. The molecule has 1 fully saturated rings. The lowest BCUT2D eigenvalue weighted by atomic mass is 10.0. The molecule has 1 aliphatic rings. The first-order valence-corrected chi connectivity index (χ1v) is 8.19. The quantitative estimate of drug-likeness (QED) is 0.775. The van der Waals surface area contributed by atoms with Crippen LogP contribution < -0.4 is 5.32 Å². The molecule has 0 spiro atoms. The van der Waals surface area contributed by atoms with Gasteiger partial charge in [0, 0.05) is 18.6 Å². The molecule has 1 aromatic rings. The van der Waals surface area contributed by atoms with Gasteiger partial charge < -0.3 is 5.32 Å². The average Bonchev–Trinajstić information content (AvgIpc) is 3.22. The van der Waals surface area contributed by atoms with Gasteiger partial charge in [0.2, 0.25) is 0 Å². The molecule has 2 heteroatoms. The normalized spacial score (nSPS) is 16.6. The number of benzene rings is 1. The number of rotatable bonds is 8. The van der Waals surface area contributed by atoms with Crippen molar-refractivity contribution in [2.75, 3.05) is 19.6 Å². The van der Waals surface area contributed by atoms with Crippen LogP contribution in [0.5, 0.6) is 0 Å². The number of aryl methyl sites for hydroxylation is 2. The number of hydrogen-bond donors (Lipinski definition) is 1. The number of likely N-dealkylation sites (N-methyl/N-ethyl adjacent to an activating group) is 1. The molecule has 0 bridgehead atoms. The highest BCUT2D eigenvalue weighted by atomic mass is 15.2. The molecule has 1 N–H and O–H groups in total. The molecular weight excluding hydrogens is 244 g/mol. The predicted octanol–water partition coefficient (Wildman–Crippen LogP) is 3.83. The summed E-state index contributed by atoms with van der Waals surface area (Å²) < 4.78 is 0. The highest BCUT2D eigenvalue weighted by molar-refractivity contribution is 5.31. The Hall–Kier alpha value is -0.860. The largest absolute Gasteiger partial charge is 0.309 e. The molecular formula is C18H30N2. The Bertz CT molecular complexity index is 403. The Balaban J connectivity index is 2.12. The zero-order chi connectivity index (χ0) is 14.5. The smallest absolute Gasteiger partial charge is 0.0449 e. The SMILES string of the molecule is CCCNC(CN(CC)C1CC1)c1cc(C)cc(C)c1. The lowest BCUT2D eigenvalue weighted by molar-refractivity contribution is 0.244. The van der Waals surface area contributed by atoms with Crippen LogP contribution in [0.25, 0.3) is 0 Å². The first-order chi connectivity index (χ1) is 9.63. The summed E-state index contributed by atoms with van der Waals surface area (Å²) in [7, 11) is 0. The molecule has 20 heavy (non-hydrogen) atoms. The lowest BCUT2D eigenvalue weighted by Crippen LogP contribution is -2.37. The Kier molecular flexibility index (Phi) is 5.62. The van der Waals surface area contributed by atoms with Crippen LogP contribution in [0, 0.1) is 13.8 Å². The Labute approximate surface area is 124 Å². The zero-order valence-electron chi connectivity index (χ0n) is 13.6. The number of hydrogen-bond acceptors (Lipinski definition) is 2. The van der Waals surface area contributed by atoms with Gasteiger partial charge in [0.15, 0.2) is 0 Å². The van der Waals surface area contributed by atoms with Crippen LogP contribution in [-0.2, 0) is 0 Å². The van der Waals surface area contributed by atoms with Crippen molar-refractivity contribution in [2.24, 2.45) is 0 Å². The van der Waals surface area contributed by atoms with Gasteiger partial charge >= 0.3 is 0 Å². The van der Waals surface area contributed by atoms with E-state index < -0.39 is 0 Å². The van der Waals surface area contributed by atoms with Gasteiger partial charge in [0.05, 0.1) is 0 Å².